The van der Waals surface area contributed by atoms with Gasteiger partial charge in [-0.3, -0.25) is 10.1 Å². The number of likely N-dealkylation sites (tertiary alicyclic amines) is 1. The van der Waals surface area contributed by atoms with Crippen LogP contribution in [0, 0.1) is 0 Å². The molecule has 1 aliphatic heterocycles. The number of anilines is 1. The molecule has 2 aromatic heterocycles. The Hall–Kier alpha value is -2.25. The van der Waals surface area contributed by atoms with E-state index in [9.17, 15) is 4.79 Å². The van der Waals surface area contributed by atoms with E-state index in [1.54, 1.807) is 11.3 Å². The molecule has 0 bridgehead atoms. The summed E-state index contributed by atoms with van der Waals surface area (Å²) < 4.78 is 6.51. The molecule has 148 valence electrons. The number of hydrogen-bond acceptors (Lipinski definition) is 5. The highest BCUT2D eigenvalue weighted by atomic mass is 32.1. The smallest absolute Gasteiger partial charge is 0.281 e. The molecule has 2 N–H and O–H groups in total. The number of hydrogen-bond donors (Lipinski definition) is 2. The molecule has 1 amide bonds. The number of rotatable bonds is 4. The van der Waals surface area contributed by atoms with Crippen molar-refractivity contribution in [1.82, 2.24) is 10.1 Å². The lowest BCUT2D eigenvalue weighted by atomic mass is 9.92. The van der Waals surface area contributed by atoms with Gasteiger partial charge in [0, 0.05) is 11.5 Å². The molecule has 1 unspecified atom stereocenters. The molecule has 1 aliphatic rings. The molecule has 0 radical (unpaired) electrons. The van der Waals surface area contributed by atoms with Gasteiger partial charge in [-0.1, -0.05) is 38.1 Å². The maximum Gasteiger partial charge on any atom is 0.281 e. The van der Waals surface area contributed by atoms with Crippen molar-refractivity contribution in [2.75, 3.05) is 25.0 Å². The second-order valence-electron chi connectivity index (χ2n) is 8.61. The molecule has 0 aliphatic carbocycles. The van der Waals surface area contributed by atoms with Crippen LogP contribution in [0.4, 0.5) is 5.88 Å². The van der Waals surface area contributed by atoms with Crippen LogP contribution in [-0.2, 0) is 10.2 Å². The average molecular weight is 400 g/mol. The number of benzene rings is 1. The number of para-hydroxylation sites is 1. The van der Waals surface area contributed by atoms with Crippen LogP contribution in [0.3, 0.4) is 0 Å². The summed E-state index contributed by atoms with van der Waals surface area (Å²) in [6.45, 7) is 8.59. The van der Waals surface area contributed by atoms with Gasteiger partial charge in [-0.2, -0.15) is 0 Å². The van der Waals surface area contributed by atoms with E-state index >= 15 is 0 Å². The van der Waals surface area contributed by atoms with Gasteiger partial charge >= 0.3 is 0 Å². The summed E-state index contributed by atoms with van der Waals surface area (Å²) in [5, 5.41) is 8.11. The highest BCUT2D eigenvalue weighted by Gasteiger charge is 2.28. The fourth-order valence-corrected chi connectivity index (χ4v) is 4.79. The Morgan fingerprint density at radius 1 is 1.36 bits per heavy atom. The average Bonchev–Trinajstić information content (AvgIpc) is 3.28. The minimum Gasteiger partial charge on any atom is -0.338 e. The Bertz CT molecular complexity index is 939. The van der Waals surface area contributed by atoms with E-state index in [0.717, 1.165) is 37.1 Å². The Kier molecular flexibility index (Phi) is 5.21. The largest absolute Gasteiger partial charge is 0.338 e. The molecule has 3 heterocycles. The predicted molar refractivity (Wildman–Crippen MR) is 111 cm³/mol. The monoisotopic (exact) mass is 399 g/mol. The Morgan fingerprint density at radius 3 is 2.93 bits per heavy atom. The molecule has 28 heavy (non-hydrogen) atoms. The molecule has 1 aromatic carbocycles. The zero-order chi connectivity index (χ0) is 19.7. The molecule has 0 saturated carbocycles. The van der Waals surface area contributed by atoms with E-state index in [4.69, 9.17) is 9.51 Å². The summed E-state index contributed by atoms with van der Waals surface area (Å²) in [5.74, 6) is 0.817. The Morgan fingerprint density at radius 2 is 2.18 bits per heavy atom. The molecule has 1 saturated heterocycles. The normalized spacial score (nSPS) is 20.4. The summed E-state index contributed by atoms with van der Waals surface area (Å²) in [5.41, 5.74) is 1.81. The lowest BCUT2D eigenvalue weighted by molar-refractivity contribution is -0.898. The molecule has 3 aromatic rings. The third kappa shape index (κ3) is 4.25. The SMILES string of the molecule is CC(C)(C)c1cc(NC(=O)C[NH+]2CCC[C@H](c3nc4ccccc4s3)C2)on1. The molecule has 7 heteroatoms. The molecular formula is C21H27N4O2S+. The van der Waals surface area contributed by atoms with Crippen molar-refractivity contribution in [2.24, 2.45) is 0 Å². The number of thiazole rings is 1. The third-order valence-electron chi connectivity index (χ3n) is 5.23. The molecule has 0 spiro atoms. The van der Waals surface area contributed by atoms with Crippen molar-refractivity contribution < 1.29 is 14.2 Å². The van der Waals surface area contributed by atoms with Crippen LogP contribution < -0.4 is 10.2 Å². The number of carbonyl (C=O) groups is 1. The van der Waals surface area contributed by atoms with Crippen molar-refractivity contribution in [3.8, 4) is 0 Å². The lowest BCUT2D eigenvalue weighted by Crippen LogP contribution is -3.14. The molecule has 2 atom stereocenters. The third-order valence-corrected chi connectivity index (χ3v) is 6.43. The predicted octanol–water partition coefficient (Wildman–Crippen LogP) is 2.98. The highest BCUT2D eigenvalue weighted by molar-refractivity contribution is 7.18. The van der Waals surface area contributed by atoms with Gasteiger partial charge in [-0.25, -0.2) is 4.98 Å². The number of nitrogens with one attached hydrogen (secondary N) is 2. The second-order valence-corrected chi connectivity index (χ2v) is 9.68. The number of carbonyl (C=O) groups excluding carboxylic acids is 1. The highest BCUT2D eigenvalue weighted by Crippen LogP contribution is 2.30. The Labute approximate surface area is 168 Å². The number of quaternary nitrogens is 1. The van der Waals surface area contributed by atoms with Crippen LogP contribution in [0.15, 0.2) is 34.9 Å². The van der Waals surface area contributed by atoms with E-state index < -0.39 is 0 Å². The molecule has 1 fully saturated rings. The summed E-state index contributed by atoms with van der Waals surface area (Å²) in [7, 11) is 0. The van der Waals surface area contributed by atoms with Gasteiger partial charge < -0.3 is 9.42 Å². The maximum atomic E-state index is 12.5. The van der Waals surface area contributed by atoms with E-state index in [0.29, 0.717) is 18.3 Å². The minimum atomic E-state index is -0.102. The number of amides is 1. The van der Waals surface area contributed by atoms with Gasteiger partial charge in [-0.05, 0) is 25.0 Å². The van der Waals surface area contributed by atoms with Crippen molar-refractivity contribution >= 4 is 33.3 Å². The number of aromatic nitrogens is 2. The van der Waals surface area contributed by atoms with Crippen molar-refractivity contribution in [3.63, 3.8) is 0 Å². The second kappa shape index (κ2) is 7.64. The molecule has 4 rings (SSSR count). The molecule has 6 nitrogen and oxygen atoms in total. The van der Waals surface area contributed by atoms with Crippen LogP contribution in [-0.4, -0.2) is 35.7 Å². The standard InChI is InChI=1S/C21H26N4O2S/c1-21(2,3)17-11-19(27-24-17)23-18(26)13-25-10-6-7-14(12-25)20-22-15-8-4-5-9-16(15)28-20/h4-5,8-9,11,14H,6-7,10,12-13H2,1-3H3,(H,23,26)/p+1/t14-/m0/s1. The topological polar surface area (TPSA) is 72.5 Å². The fraction of sp³-hybridized carbons (Fsp3) is 0.476. The quantitative estimate of drug-likeness (QED) is 0.707. The van der Waals surface area contributed by atoms with Gasteiger partial charge in [0.1, 0.15) is 5.01 Å². The van der Waals surface area contributed by atoms with Gasteiger partial charge in [0.15, 0.2) is 6.54 Å². The lowest BCUT2D eigenvalue weighted by Gasteiger charge is -2.28. The maximum absolute atomic E-state index is 12.5. The van der Waals surface area contributed by atoms with Crippen molar-refractivity contribution in [2.45, 2.75) is 44.9 Å². The van der Waals surface area contributed by atoms with Crippen LogP contribution in [0.1, 0.15) is 50.2 Å². The zero-order valence-corrected chi connectivity index (χ0v) is 17.4. The van der Waals surface area contributed by atoms with E-state index in [-0.39, 0.29) is 11.3 Å². The fourth-order valence-electron chi connectivity index (χ4n) is 3.68. The van der Waals surface area contributed by atoms with Crippen LogP contribution in [0.2, 0.25) is 0 Å². The van der Waals surface area contributed by atoms with Crippen molar-refractivity contribution in [1.29, 1.82) is 0 Å². The van der Waals surface area contributed by atoms with Crippen LogP contribution in [0.25, 0.3) is 10.2 Å². The van der Waals surface area contributed by atoms with E-state index in [1.807, 2.05) is 12.1 Å². The van der Waals surface area contributed by atoms with E-state index in [1.165, 1.54) is 14.6 Å². The van der Waals surface area contributed by atoms with Gasteiger partial charge in [0.25, 0.3) is 5.91 Å². The Balaban J connectivity index is 1.36. The van der Waals surface area contributed by atoms with Crippen LogP contribution in [0.5, 0.6) is 0 Å². The first-order valence-electron chi connectivity index (χ1n) is 9.84. The summed E-state index contributed by atoms with van der Waals surface area (Å²) >= 11 is 1.78. The first-order chi connectivity index (χ1) is 13.4. The summed E-state index contributed by atoms with van der Waals surface area (Å²) in [6, 6.07) is 10.1. The number of piperidine rings is 1. The van der Waals surface area contributed by atoms with Gasteiger partial charge in [-0.15, -0.1) is 11.3 Å². The van der Waals surface area contributed by atoms with Crippen molar-refractivity contribution in [3.05, 3.63) is 41.0 Å². The first-order valence-corrected chi connectivity index (χ1v) is 10.7. The molecular weight excluding hydrogens is 372 g/mol. The minimum absolute atomic E-state index is 0.0310. The first kappa shape index (κ1) is 19.1. The van der Waals surface area contributed by atoms with E-state index in [2.05, 4.69) is 49.4 Å². The zero-order valence-electron chi connectivity index (χ0n) is 16.6. The summed E-state index contributed by atoms with van der Waals surface area (Å²) in [6.07, 6.45) is 2.25. The van der Waals surface area contributed by atoms with Gasteiger partial charge in [0.05, 0.1) is 34.9 Å². The van der Waals surface area contributed by atoms with Gasteiger partial charge in [0.2, 0.25) is 5.88 Å². The number of nitrogens with zero attached hydrogens (tertiary/aromatic N) is 2. The van der Waals surface area contributed by atoms with Crippen LogP contribution >= 0.6 is 11.3 Å². The number of fused-ring (bicyclic) bond motifs is 1. The summed E-state index contributed by atoms with van der Waals surface area (Å²) in [4.78, 5) is 18.6.